The van der Waals surface area contributed by atoms with Gasteiger partial charge in [-0.15, -0.1) is 0 Å². The van der Waals surface area contributed by atoms with Gasteiger partial charge in [0.25, 0.3) is 0 Å². The van der Waals surface area contributed by atoms with Gasteiger partial charge in [0, 0.05) is 48.7 Å². The van der Waals surface area contributed by atoms with Crippen LogP contribution in [0.25, 0.3) is 0 Å². The van der Waals surface area contributed by atoms with E-state index in [0.29, 0.717) is 12.1 Å². The van der Waals surface area contributed by atoms with E-state index in [9.17, 15) is 0 Å². The summed E-state index contributed by atoms with van der Waals surface area (Å²) < 4.78 is 5.69. The second-order valence-electron chi connectivity index (χ2n) is 7.89. The van der Waals surface area contributed by atoms with E-state index in [1.165, 1.54) is 44.5 Å². The summed E-state index contributed by atoms with van der Waals surface area (Å²) in [7, 11) is 2.04. The molecule has 25 heavy (non-hydrogen) atoms. The van der Waals surface area contributed by atoms with Crippen LogP contribution >= 0.6 is 0 Å². The number of fused-ring (bicyclic) bond motifs is 1. The number of hydrogen-bond donors (Lipinski definition) is 1. The van der Waals surface area contributed by atoms with Crippen LogP contribution in [0.3, 0.4) is 0 Å². The zero-order valence-corrected chi connectivity index (χ0v) is 14.8. The minimum atomic E-state index is 0.630. The molecule has 2 aromatic carbocycles. The molecular weight excluding hydrogens is 310 g/mol. The standard InChI is InChI=1S/C21H25N3O/c1-23-15-25-20-12-17(6-9-19(20)23)22-16-4-7-18(8-5-16)24-13-21(14-24)10-2-3-11-21/h4-9,12,22H,2-3,10-11,13-15H2,1H3. The van der Waals surface area contributed by atoms with E-state index in [1.807, 2.05) is 7.05 Å². The highest BCUT2D eigenvalue weighted by Crippen LogP contribution is 2.47. The lowest BCUT2D eigenvalue weighted by Crippen LogP contribution is -2.55. The first-order chi connectivity index (χ1) is 12.2. The van der Waals surface area contributed by atoms with Crippen molar-refractivity contribution in [2.75, 3.05) is 42.0 Å². The highest BCUT2D eigenvalue weighted by atomic mass is 16.5. The quantitative estimate of drug-likeness (QED) is 0.887. The third-order valence-electron chi connectivity index (χ3n) is 6.02. The van der Waals surface area contributed by atoms with E-state index in [2.05, 4.69) is 57.6 Å². The number of anilines is 4. The van der Waals surface area contributed by atoms with E-state index in [4.69, 9.17) is 4.74 Å². The second kappa shape index (κ2) is 5.58. The largest absolute Gasteiger partial charge is 0.471 e. The normalized spacial score (nSPS) is 20.4. The summed E-state index contributed by atoms with van der Waals surface area (Å²) in [4.78, 5) is 4.63. The lowest BCUT2D eigenvalue weighted by Gasteiger charge is -2.49. The van der Waals surface area contributed by atoms with Gasteiger partial charge in [-0.1, -0.05) is 12.8 Å². The third-order valence-corrected chi connectivity index (χ3v) is 6.02. The first-order valence-corrected chi connectivity index (χ1v) is 9.31. The summed E-state index contributed by atoms with van der Waals surface area (Å²) >= 11 is 0. The predicted octanol–water partition coefficient (Wildman–Crippen LogP) is 4.60. The fraction of sp³-hybridized carbons (Fsp3) is 0.429. The fourth-order valence-electron chi connectivity index (χ4n) is 4.57. The average Bonchev–Trinajstić information content (AvgIpc) is 3.22. The van der Waals surface area contributed by atoms with E-state index in [1.54, 1.807) is 0 Å². The molecule has 1 aliphatic carbocycles. The van der Waals surface area contributed by atoms with Crippen molar-refractivity contribution in [3.63, 3.8) is 0 Å². The Hall–Kier alpha value is -2.36. The lowest BCUT2D eigenvalue weighted by molar-refractivity contribution is 0.222. The van der Waals surface area contributed by atoms with Crippen LogP contribution in [-0.4, -0.2) is 26.9 Å². The fourth-order valence-corrected chi connectivity index (χ4v) is 4.57. The Balaban J connectivity index is 1.25. The summed E-state index contributed by atoms with van der Waals surface area (Å²) in [5.74, 6) is 0.951. The SMILES string of the molecule is CN1COc2cc(Nc3ccc(N4CC5(CCCC5)C4)cc3)ccc21. The monoisotopic (exact) mass is 335 g/mol. The van der Waals surface area contributed by atoms with Crippen LogP contribution in [0.1, 0.15) is 25.7 Å². The Kier molecular flexibility index (Phi) is 3.34. The van der Waals surface area contributed by atoms with Gasteiger partial charge in [0.05, 0.1) is 5.69 Å². The van der Waals surface area contributed by atoms with Gasteiger partial charge >= 0.3 is 0 Å². The van der Waals surface area contributed by atoms with Gasteiger partial charge in [-0.2, -0.15) is 0 Å². The minimum absolute atomic E-state index is 0.630. The van der Waals surface area contributed by atoms with Crippen molar-refractivity contribution in [3.05, 3.63) is 42.5 Å². The van der Waals surface area contributed by atoms with Crippen LogP contribution in [0, 0.1) is 5.41 Å². The summed E-state index contributed by atoms with van der Waals surface area (Å²) in [6.45, 7) is 3.12. The smallest absolute Gasteiger partial charge is 0.161 e. The Morgan fingerprint density at radius 3 is 2.44 bits per heavy atom. The van der Waals surface area contributed by atoms with Crippen molar-refractivity contribution in [2.45, 2.75) is 25.7 Å². The van der Waals surface area contributed by atoms with Gasteiger partial charge in [-0.05, 0) is 49.2 Å². The van der Waals surface area contributed by atoms with Gasteiger partial charge in [0.2, 0.25) is 0 Å². The Bertz CT molecular complexity index is 772. The minimum Gasteiger partial charge on any atom is -0.471 e. The highest BCUT2D eigenvalue weighted by Gasteiger charge is 2.44. The molecule has 4 nitrogen and oxygen atoms in total. The Morgan fingerprint density at radius 1 is 0.960 bits per heavy atom. The van der Waals surface area contributed by atoms with Gasteiger partial charge < -0.3 is 19.9 Å². The first kappa shape index (κ1) is 14.9. The number of ether oxygens (including phenoxy) is 1. The summed E-state index contributed by atoms with van der Waals surface area (Å²) in [5.41, 5.74) is 5.33. The zero-order chi connectivity index (χ0) is 16.9. The topological polar surface area (TPSA) is 27.7 Å². The van der Waals surface area contributed by atoms with Gasteiger partial charge in [-0.25, -0.2) is 0 Å². The maximum atomic E-state index is 5.69. The molecule has 1 saturated carbocycles. The van der Waals surface area contributed by atoms with E-state index in [0.717, 1.165) is 22.8 Å². The molecule has 2 aromatic rings. The molecule has 1 N–H and O–H groups in total. The molecule has 0 amide bonds. The second-order valence-corrected chi connectivity index (χ2v) is 7.89. The van der Waals surface area contributed by atoms with E-state index in [-0.39, 0.29) is 0 Å². The molecule has 0 atom stereocenters. The van der Waals surface area contributed by atoms with E-state index < -0.39 is 0 Å². The van der Waals surface area contributed by atoms with Crippen molar-refractivity contribution >= 4 is 22.7 Å². The van der Waals surface area contributed by atoms with Crippen molar-refractivity contribution in [3.8, 4) is 5.75 Å². The van der Waals surface area contributed by atoms with Crippen LogP contribution in [0.2, 0.25) is 0 Å². The number of rotatable bonds is 3. The van der Waals surface area contributed by atoms with Crippen LogP contribution < -0.4 is 19.9 Å². The van der Waals surface area contributed by atoms with Gasteiger partial charge in [0.1, 0.15) is 5.75 Å². The zero-order valence-electron chi connectivity index (χ0n) is 14.8. The third kappa shape index (κ3) is 2.60. The lowest BCUT2D eigenvalue weighted by atomic mass is 9.78. The molecule has 2 aliphatic heterocycles. The van der Waals surface area contributed by atoms with Crippen LogP contribution in [0.4, 0.5) is 22.7 Å². The summed E-state index contributed by atoms with van der Waals surface area (Å²) in [5, 5.41) is 3.48. The molecule has 1 spiro atoms. The van der Waals surface area contributed by atoms with E-state index >= 15 is 0 Å². The number of benzene rings is 2. The molecule has 0 unspecified atom stereocenters. The molecule has 2 heterocycles. The van der Waals surface area contributed by atoms with Crippen molar-refractivity contribution in [2.24, 2.45) is 5.41 Å². The number of nitrogens with zero attached hydrogens (tertiary/aromatic N) is 2. The maximum Gasteiger partial charge on any atom is 0.161 e. The van der Waals surface area contributed by atoms with Crippen LogP contribution in [0.5, 0.6) is 5.75 Å². The van der Waals surface area contributed by atoms with Crippen molar-refractivity contribution < 1.29 is 4.74 Å². The molecule has 5 rings (SSSR count). The summed E-state index contributed by atoms with van der Waals surface area (Å²) in [6, 6.07) is 15.1. The number of nitrogens with one attached hydrogen (secondary N) is 1. The van der Waals surface area contributed by atoms with Gasteiger partial charge in [0.15, 0.2) is 6.73 Å². The number of hydrogen-bond acceptors (Lipinski definition) is 4. The van der Waals surface area contributed by atoms with Crippen molar-refractivity contribution in [1.82, 2.24) is 0 Å². The molecule has 130 valence electrons. The van der Waals surface area contributed by atoms with Crippen LogP contribution in [0.15, 0.2) is 42.5 Å². The molecule has 0 bridgehead atoms. The Morgan fingerprint density at radius 2 is 1.68 bits per heavy atom. The maximum absolute atomic E-state index is 5.69. The Labute approximate surface area is 149 Å². The molecule has 0 aromatic heterocycles. The van der Waals surface area contributed by atoms with Crippen molar-refractivity contribution in [1.29, 1.82) is 0 Å². The molecule has 1 saturated heterocycles. The highest BCUT2D eigenvalue weighted by molar-refractivity contribution is 5.71. The first-order valence-electron chi connectivity index (χ1n) is 9.31. The molecular formula is C21H25N3O. The molecule has 4 heteroatoms. The molecule has 0 radical (unpaired) electrons. The predicted molar refractivity (Wildman–Crippen MR) is 103 cm³/mol. The molecule has 3 aliphatic rings. The summed E-state index contributed by atoms with van der Waals surface area (Å²) in [6.07, 6.45) is 5.71. The van der Waals surface area contributed by atoms with Crippen LogP contribution in [-0.2, 0) is 0 Å². The average molecular weight is 335 g/mol. The van der Waals surface area contributed by atoms with Gasteiger partial charge in [-0.3, -0.25) is 0 Å². The molecule has 2 fully saturated rings.